The molecule has 2 rings (SSSR count). The Kier molecular flexibility index (Phi) is 3.97. The van der Waals surface area contributed by atoms with Gasteiger partial charge in [0.2, 0.25) is 0 Å². The highest BCUT2D eigenvalue weighted by molar-refractivity contribution is 5.19. The molecule has 1 aliphatic heterocycles. The molecule has 0 bridgehead atoms. The topological polar surface area (TPSA) is 18.5 Å². The van der Waals surface area contributed by atoms with E-state index in [0.717, 1.165) is 19.6 Å². The molecule has 0 aromatic heterocycles. The average molecular weight is 220 g/mol. The molecule has 2 heteroatoms. The third-order valence-corrected chi connectivity index (χ3v) is 3.30. The van der Waals surface area contributed by atoms with Crippen molar-refractivity contribution in [3.8, 4) is 0 Å². The molecule has 0 saturated carbocycles. The molecule has 1 aromatic rings. The van der Waals surface area contributed by atoms with Gasteiger partial charge in [-0.25, -0.2) is 0 Å². The molecule has 88 valence electrons. The van der Waals surface area contributed by atoms with Gasteiger partial charge in [-0.15, -0.1) is 0 Å². The van der Waals surface area contributed by atoms with Crippen LogP contribution in [-0.2, 0) is 9.47 Å². The Labute approximate surface area is 97.6 Å². The summed E-state index contributed by atoms with van der Waals surface area (Å²) >= 11 is 0. The summed E-state index contributed by atoms with van der Waals surface area (Å²) in [5, 5.41) is 0. The van der Waals surface area contributed by atoms with E-state index in [1.807, 2.05) is 6.07 Å². The Morgan fingerprint density at radius 3 is 2.69 bits per heavy atom. The predicted molar refractivity (Wildman–Crippen MR) is 64.3 cm³/mol. The Morgan fingerprint density at radius 2 is 2.12 bits per heavy atom. The molecular formula is C14H20O2. The van der Waals surface area contributed by atoms with Crippen LogP contribution in [0.3, 0.4) is 0 Å². The molecule has 1 fully saturated rings. The number of benzene rings is 1. The molecule has 3 atom stereocenters. The van der Waals surface area contributed by atoms with Crippen molar-refractivity contribution in [1.29, 1.82) is 0 Å². The van der Waals surface area contributed by atoms with Crippen LogP contribution < -0.4 is 0 Å². The Morgan fingerprint density at radius 1 is 1.38 bits per heavy atom. The maximum Gasteiger partial charge on any atom is 0.0878 e. The smallest absolute Gasteiger partial charge is 0.0878 e. The van der Waals surface area contributed by atoms with Gasteiger partial charge in [-0.2, -0.15) is 0 Å². The molecule has 1 aliphatic rings. The molecule has 1 aromatic carbocycles. The van der Waals surface area contributed by atoms with E-state index >= 15 is 0 Å². The van der Waals surface area contributed by atoms with E-state index in [-0.39, 0.29) is 6.10 Å². The minimum Gasteiger partial charge on any atom is -0.378 e. The zero-order chi connectivity index (χ0) is 11.4. The van der Waals surface area contributed by atoms with Crippen LogP contribution in [0.4, 0.5) is 0 Å². The summed E-state index contributed by atoms with van der Waals surface area (Å²) in [7, 11) is 0. The van der Waals surface area contributed by atoms with Crippen LogP contribution in [0.15, 0.2) is 30.3 Å². The molecule has 2 nitrogen and oxygen atoms in total. The summed E-state index contributed by atoms with van der Waals surface area (Å²) in [5.41, 5.74) is 1.27. The normalized spacial score (nSPS) is 26.9. The van der Waals surface area contributed by atoms with Gasteiger partial charge in [-0.3, -0.25) is 0 Å². The van der Waals surface area contributed by atoms with E-state index in [9.17, 15) is 0 Å². The Balaban J connectivity index is 2.16. The minimum absolute atomic E-state index is 0.184. The van der Waals surface area contributed by atoms with Crippen molar-refractivity contribution in [1.82, 2.24) is 0 Å². The van der Waals surface area contributed by atoms with Crippen molar-refractivity contribution in [3.05, 3.63) is 35.9 Å². The second-order valence-corrected chi connectivity index (χ2v) is 4.32. The largest absolute Gasteiger partial charge is 0.378 e. The summed E-state index contributed by atoms with van der Waals surface area (Å²) in [5.74, 6) is 0.488. The van der Waals surface area contributed by atoms with Crippen LogP contribution in [0, 0.1) is 5.92 Å². The average Bonchev–Trinajstić information content (AvgIpc) is 2.73. The zero-order valence-corrected chi connectivity index (χ0v) is 10.1. The van der Waals surface area contributed by atoms with E-state index in [1.54, 1.807) is 0 Å². The quantitative estimate of drug-likeness (QED) is 0.776. The zero-order valence-electron chi connectivity index (χ0n) is 10.1. The second-order valence-electron chi connectivity index (χ2n) is 4.32. The van der Waals surface area contributed by atoms with Crippen LogP contribution in [0.1, 0.15) is 31.9 Å². The first kappa shape index (κ1) is 11.6. The van der Waals surface area contributed by atoms with Crippen molar-refractivity contribution < 1.29 is 9.47 Å². The molecule has 0 spiro atoms. The summed E-state index contributed by atoms with van der Waals surface area (Å²) in [6.45, 7) is 5.81. The van der Waals surface area contributed by atoms with Crippen molar-refractivity contribution in [3.63, 3.8) is 0 Å². The first-order valence-corrected chi connectivity index (χ1v) is 6.11. The highest BCUT2D eigenvalue weighted by Gasteiger charge is 2.33. The van der Waals surface area contributed by atoms with Crippen molar-refractivity contribution in [2.45, 2.75) is 32.5 Å². The first-order chi connectivity index (χ1) is 7.83. The van der Waals surface area contributed by atoms with Crippen LogP contribution in [-0.4, -0.2) is 19.3 Å². The van der Waals surface area contributed by atoms with E-state index in [1.165, 1.54) is 5.56 Å². The minimum atomic E-state index is 0.184. The van der Waals surface area contributed by atoms with Gasteiger partial charge in [0.05, 0.1) is 12.2 Å². The van der Waals surface area contributed by atoms with E-state index in [2.05, 4.69) is 38.1 Å². The molecule has 0 N–H and O–H groups in total. The number of rotatable bonds is 4. The van der Waals surface area contributed by atoms with Crippen molar-refractivity contribution in [2.75, 3.05) is 13.2 Å². The summed E-state index contributed by atoms with van der Waals surface area (Å²) < 4.78 is 11.5. The maximum atomic E-state index is 5.90. The second kappa shape index (κ2) is 5.46. The van der Waals surface area contributed by atoms with Crippen molar-refractivity contribution >= 4 is 0 Å². The van der Waals surface area contributed by atoms with E-state index < -0.39 is 0 Å². The molecule has 0 unspecified atom stereocenters. The van der Waals surface area contributed by atoms with Crippen molar-refractivity contribution in [2.24, 2.45) is 5.92 Å². The van der Waals surface area contributed by atoms with Gasteiger partial charge < -0.3 is 9.47 Å². The molecule has 16 heavy (non-hydrogen) atoms. The van der Waals surface area contributed by atoms with Crippen LogP contribution >= 0.6 is 0 Å². The van der Waals surface area contributed by atoms with E-state index in [4.69, 9.17) is 9.47 Å². The SMILES string of the molecule is CCO[C@H](c1ccccc1)[C@@H]1CCO[C@H]1C. The number of ether oxygens (including phenoxy) is 2. The van der Waals surface area contributed by atoms with Gasteiger partial charge in [-0.05, 0) is 25.8 Å². The molecule has 1 saturated heterocycles. The monoisotopic (exact) mass is 220 g/mol. The molecule has 1 heterocycles. The van der Waals surface area contributed by atoms with E-state index in [0.29, 0.717) is 12.0 Å². The molecule has 0 aliphatic carbocycles. The fourth-order valence-electron chi connectivity index (χ4n) is 2.44. The number of hydrogen-bond acceptors (Lipinski definition) is 2. The lowest BCUT2D eigenvalue weighted by molar-refractivity contribution is -0.00909. The lowest BCUT2D eigenvalue weighted by atomic mass is 9.90. The Hall–Kier alpha value is -0.860. The third-order valence-electron chi connectivity index (χ3n) is 3.30. The highest BCUT2D eigenvalue weighted by Crippen LogP contribution is 2.35. The summed E-state index contributed by atoms with van der Waals surface area (Å²) in [6.07, 6.45) is 1.58. The van der Waals surface area contributed by atoms with Crippen LogP contribution in [0.25, 0.3) is 0 Å². The van der Waals surface area contributed by atoms with Crippen LogP contribution in [0.5, 0.6) is 0 Å². The van der Waals surface area contributed by atoms with Gasteiger partial charge >= 0.3 is 0 Å². The lowest BCUT2D eigenvalue weighted by Gasteiger charge is -2.26. The predicted octanol–water partition coefficient (Wildman–Crippen LogP) is 3.19. The molecule has 0 amide bonds. The highest BCUT2D eigenvalue weighted by atomic mass is 16.5. The maximum absolute atomic E-state index is 5.90. The van der Waals surface area contributed by atoms with Gasteiger partial charge in [-0.1, -0.05) is 30.3 Å². The fourth-order valence-corrected chi connectivity index (χ4v) is 2.44. The number of hydrogen-bond donors (Lipinski definition) is 0. The van der Waals surface area contributed by atoms with Gasteiger partial charge in [0.1, 0.15) is 0 Å². The first-order valence-electron chi connectivity index (χ1n) is 6.11. The standard InChI is InChI=1S/C14H20O2/c1-3-15-14(12-7-5-4-6-8-12)13-9-10-16-11(13)2/h4-8,11,13-14H,3,9-10H2,1-2H3/t11-,13+,14+/m0/s1. The lowest BCUT2D eigenvalue weighted by Crippen LogP contribution is -2.22. The third kappa shape index (κ3) is 2.45. The Bertz CT molecular complexity index is 310. The molecular weight excluding hydrogens is 200 g/mol. The van der Waals surface area contributed by atoms with Gasteiger partial charge in [0.25, 0.3) is 0 Å². The van der Waals surface area contributed by atoms with Crippen LogP contribution in [0.2, 0.25) is 0 Å². The van der Waals surface area contributed by atoms with Gasteiger partial charge in [0.15, 0.2) is 0 Å². The summed E-state index contributed by atoms with van der Waals surface area (Å²) in [4.78, 5) is 0. The fraction of sp³-hybridized carbons (Fsp3) is 0.571. The van der Waals surface area contributed by atoms with Gasteiger partial charge in [0, 0.05) is 19.1 Å². The molecule has 0 radical (unpaired) electrons. The summed E-state index contributed by atoms with van der Waals surface area (Å²) in [6, 6.07) is 10.5.